The van der Waals surface area contributed by atoms with E-state index in [1.165, 1.54) is 26.4 Å². The highest BCUT2D eigenvalue weighted by atomic mass is 32.2. The fourth-order valence-electron chi connectivity index (χ4n) is 2.22. The number of esters is 1. The third-order valence-corrected chi connectivity index (χ3v) is 4.84. The Balaban J connectivity index is 1.84. The molecule has 0 amide bonds. The first-order valence-electron chi connectivity index (χ1n) is 7.85. The molecule has 8 heteroatoms. The van der Waals surface area contributed by atoms with Crippen molar-refractivity contribution in [3.63, 3.8) is 0 Å². The van der Waals surface area contributed by atoms with Gasteiger partial charge in [-0.05, 0) is 29.8 Å². The SMILES string of the molecule is COC(=O)c1ccc(CS(=O)(=O)NCCOc2ccccc2OC)cc1. The minimum absolute atomic E-state index is 0.126. The summed E-state index contributed by atoms with van der Waals surface area (Å²) in [6.07, 6.45) is 0. The van der Waals surface area contributed by atoms with E-state index in [0.717, 1.165) is 0 Å². The second-order valence-corrected chi connectivity index (χ2v) is 7.15. The van der Waals surface area contributed by atoms with E-state index in [0.29, 0.717) is 22.6 Å². The summed E-state index contributed by atoms with van der Waals surface area (Å²) < 4.78 is 42.0. The first-order valence-corrected chi connectivity index (χ1v) is 9.51. The number of benzene rings is 2. The van der Waals surface area contributed by atoms with Crippen LogP contribution in [-0.2, 0) is 20.5 Å². The molecule has 0 aliphatic heterocycles. The van der Waals surface area contributed by atoms with E-state index in [9.17, 15) is 13.2 Å². The molecule has 0 aromatic heterocycles. The van der Waals surface area contributed by atoms with Crippen molar-refractivity contribution >= 4 is 16.0 Å². The second-order valence-electron chi connectivity index (χ2n) is 5.34. The van der Waals surface area contributed by atoms with Crippen LogP contribution in [0.2, 0.25) is 0 Å². The Hall–Kier alpha value is -2.58. The lowest BCUT2D eigenvalue weighted by atomic mass is 10.1. The molecule has 0 saturated heterocycles. The molecule has 0 saturated carbocycles. The molecule has 2 aromatic rings. The van der Waals surface area contributed by atoms with Crippen LogP contribution in [0.1, 0.15) is 15.9 Å². The van der Waals surface area contributed by atoms with Crippen molar-refractivity contribution in [2.75, 3.05) is 27.4 Å². The fraction of sp³-hybridized carbons (Fsp3) is 0.278. The third-order valence-electron chi connectivity index (χ3n) is 3.48. The monoisotopic (exact) mass is 379 g/mol. The van der Waals surface area contributed by atoms with Gasteiger partial charge in [0, 0.05) is 6.54 Å². The number of methoxy groups -OCH3 is 2. The van der Waals surface area contributed by atoms with Crippen LogP contribution in [0.25, 0.3) is 0 Å². The van der Waals surface area contributed by atoms with E-state index >= 15 is 0 Å². The molecule has 2 aromatic carbocycles. The molecular weight excluding hydrogens is 358 g/mol. The fourth-order valence-corrected chi connectivity index (χ4v) is 3.35. The van der Waals surface area contributed by atoms with Gasteiger partial charge in [-0.25, -0.2) is 17.9 Å². The van der Waals surface area contributed by atoms with Crippen molar-refractivity contribution in [3.8, 4) is 11.5 Å². The van der Waals surface area contributed by atoms with Crippen molar-refractivity contribution in [3.05, 3.63) is 59.7 Å². The van der Waals surface area contributed by atoms with Gasteiger partial charge in [-0.3, -0.25) is 0 Å². The first-order chi connectivity index (χ1) is 12.4. The summed E-state index contributed by atoms with van der Waals surface area (Å²) in [4.78, 5) is 11.4. The maximum Gasteiger partial charge on any atom is 0.337 e. The third kappa shape index (κ3) is 5.75. The molecule has 2 rings (SSSR count). The summed E-state index contributed by atoms with van der Waals surface area (Å²) in [5.41, 5.74) is 0.933. The van der Waals surface area contributed by atoms with Gasteiger partial charge in [0.15, 0.2) is 11.5 Å². The van der Waals surface area contributed by atoms with Crippen LogP contribution >= 0.6 is 0 Å². The van der Waals surface area contributed by atoms with Gasteiger partial charge in [-0.1, -0.05) is 24.3 Å². The minimum Gasteiger partial charge on any atom is -0.493 e. The van der Waals surface area contributed by atoms with Gasteiger partial charge in [-0.2, -0.15) is 0 Å². The number of ether oxygens (including phenoxy) is 3. The zero-order chi connectivity index (χ0) is 19.0. The van der Waals surface area contributed by atoms with Gasteiger partial charge < -0.3 is 14.2 Å². The van der Waals surface area contributed by atoms with Crippen molar-refractivity contribution in [1.82, 2.24) is 4.72 Å². The average molecular weight is 379 g/mol. The number of nitrogens with one attached hydrogen (secondary N) is 1. The number of carbonyl (C=O) groups is 1. The molecule has 0 aliphatic rings. The van der Waals surface area contributed by atoms with Crippen LogP contribution in [0.15, 0.2) is 48.5 Å². The average Bonchev–Trinajstić information content (AvgIpc) is 2.65. The van der Waals surface area contributed by atoms with Crippen molar-refractivity contribution in [2.24, 2.45) is 0 Å². The summed E-state index contributed by atoms with van der Waals surface area (Å²) in [6.45, 7) is 0.293. The molecule has 1 N–H and O–H groups in total. The van der Waals surface area contributed by atoms with E-state index in [2.05, 4.69) is 9.46 Å². The molecule has 26 heavy (non-hydrogen) atoms. The maximum atomic E-state index is 12.1. The lowest BCUT2D eigenvalue weighted by Gasteiger charge is -2.11. The van der Waals surface area contributed by atoms with E-state index in [1.807, 2.05) is 6.07 Å². The standard InChI is InChI=1S/C18H21NO6S/c1-23-16-5-3-4-6-17(16)25-12-11-19-26(21,22)13-14-7-9-15(10-8-14)18(20)24-2/h3-10,19H,11-13H2,1-2H3. The van der Waals surface area contributed by atoms with Crippen molar-refractivity contribution < 1.29 is 27.4 Å². The Morgan fingerprint density at radius 1 is 1.00 bits per heavy atom. The molecule has 0 atom stereocenters. The number of rotatable bonds is 9. The summed E-state index contributed by atoms with van der Waals surface area (Å²) in [5.74, 6) is 0.475. The quantitative estimate of drug-likeness (QED) is 0.529. The molecule has 0 aliphatic carbocycles. The zero-order valence-corrected chi connectivity index (χ0v) is 15.4. The topological polar surface area (TPSA) is 90.9 Å². The number of sulfonamides is 1. The minimum atomic E-state index is -3.52. The van der Waals surface area contributed by atoms with Gasteiger partial charge >= 0.3 is 5.97 Å². The zero-order valence-electron chi connectivity index (χ0n) is 14.6. The smallest absolute Gasteiger partial charge is 0.337 e. The van der Waals surface area contributed by atoms with Crippen molar-refractivity contribution in [2.45, 2.75) is 5.75 Å². The normalized spacial score (nSPS) is 11.0. The van der Waals surface area contributed by atoms with Crippen LogP contribution in [-0.4, -0.2) is 41.8 Å². The van der Waals surface area contributed by atoms with Gasteiger partial charge in [-0.15, -0.1) is 0 Å². The Labute approximate surface area is 152 Å². The molecule has 0 spiro atoms. The van der Waals surface area contributed by atoms with Crippen LogP contribution < -0.4 is 14.2 Å². The van der Waals surface area contributed by atoms with E-state index in [-0.39, 0.29) is 18.9 Å². The predicted octanol–water partition coefficient (Wildman–Crippen LogP) is 1.98. The molecule has 0 heterocycles. The lowest BCUT2D eigenvalue weighted by Crippen LogP contribution is -2.29. The highest BCUT2D eigenvalue weighted by Crippen LogP contribution is 2.25. The number of hydrogen-bond acceptors (Lipinski definition) is 6. The Bertz CT molecular complexity index is 833. The summed E-state index contributed by atoms with van der Waals surface area (Å²) in [5, 5.41) is 0. The molecule has 0 radical (unpaired) electrons. The van der Waals surface area contributed by atoms with E-state index in [1.54, 1.807) is 30.3 Å². The van der Waals surface area contributed by atoms with Crippen LogP contribution in [0.3, 0.4) is 0 Å². The van der Waals surface area contributed by atoms with Crippen LogP contribution in [0, 0.1) is 0 Å². The highest BCUT2D eigenvalue weighted by molar-refractivity contribution is 7.88. The Morgan fingerprint density at radius 2 is 1.65 bits per heavy atom. The van der Waals surface area contributed by atoms with Crippen LogP contribution in [0.5, 0.6) is 11.5 Å². The Morgan fingerprint density at radius 3 is 2.27 bits per heavy atom. The molecular formula is C18H21NO6S. The molecule has 0 fully saturated rings. The largest absolute Gasteiger partial charge is 0.493 e. The number of hydrogen-bond donors (Lipinski definition) is 1. The molecule has 0 unspecified atom stereocenters. The molecule has 7 nitrogen and oxygen atoms in total. The molecule has 140 valence electrons. The highest BCUT2D eigenvalue weighted by Gasteiger charge is 2.12. The van der Waals surface area contributed by atoms with Crippen LogP contribution in [0.4, 0.5) is 0 Å². The second kappa shape index (κ2) is 9.21. The number of para-hydroxylation sites is 2. The van der Waals surface area contributed by atoms with Gasteiger partial charge in [0.25, 0.3) is 0 Å². The summed E-state index contributed by atoms with van der Waals surface area (Å²) >= 11 is 0. The molecule has 0 bridgehead atoms. The van der Waals surface area contributed by atoms with E-state index in [4.69, 9.17) is 9.47 Å². The summed E-state index contributed by atoms with van der Waals surface area (Å²) in [7, 11) is -0.693. The number of carbonyl (C=O) groups excluding carboxylic acids is 1. The van der Waals surface area contributed by atoms with Crippen molar-refractivity contribution in [1.29, 1.82) is 0 Å². The van der Waals surface area contributed by atoms with Gasteiger partial charge in [0.05, 0.1) is 25.5 Å². The predicted molar refractivity (Wildman–Crippen MR) is 96.9 cm³/mol. The summed E-state index contributed by atoms with van der Waals surface area (Å²) in [6, 6.07) is 13.4. The lowest BCUT2D eigenvalue weighted by molar-refractivity contribution is 0.0600. The van der Waals surface area contributed by atoms with Gasteiger partial charge in [0.2, 0.25) is 10.0 Å². The first kappa shape index (κ1) is 19.7. The van der Waals surface area contributed by atoms with E-state index < -0.39 is 16.0 Å². The van der Waals surface area contributed by atoms with Gasteiger partial charge in [0.1, 0.15) is 6.61 Å². The Kier molecular flexibility index (Phi) is 6.99. The maximum absolute atomic E-state index is 12.1.